The van der Waals surface area contributed by atoms with Crippen LogP contribution in [0.25, 0.3) is 0 Å². The van der Waals surface area contributed by atoms with Crippen LogP contribution in [0.1, 0.15) is 6.42 Å². The minimum atomic E-state index is -1.32. The van der Waals surface area contributed by atoms with Gasteiger partial charge in [-0.15, -0.1) is 6.58 Å². The van der Waals surface area contributed by atoms with Gasteiger partial charge in [-0.2, -0.15) is 9.78 Å². The van der Waals surface area contributed by atoms with Crippen LogP contribution in [0.15, 0.2) is 12.7 Å². The van der Waals surface area contributed by atoms with E-state index < -0.39 is 5.97 Å². The molecule has 1 saturated heterocycles. The third kappa shape index (κ3) is 0.991. The molecule has 3 nitrogen and oxygen atoms in total. The molecule has 1 fully saturated rings. The highest BCUT2D eigenvalue weighted by atomic mass is 17.4. The molecule has 1 aliphatic rings. The fourth-order valence-corrected chi connectivity index (χ4v) is 0.299. The van der Waals surface area contributed by atoms with Gasteiger partial charge < -0.3 is 5.11 Å². The standard InChI is InChI=1S/C4H6O3/c1-2-3-4(5)6-7-4/h2,5H,1,3H2. The summed E-state index contributed by atoms with van der Waals surface area (Å²) in [5.74, 6) is -1.32. The summed E-state index contributed by atoms with van der Waals surface area (Å²) in [5.41, 5.74) is 0. The maximum absolute atomic E-state index is 8.61. The van der Waals surface area contributed by atoms with Gasteiger partial charge in [-0.3, -0.25) is 0 Å². The largest absolute Gasteiger partial charge is 0.341 e. The summed E-state index contributed by atoms with van der Waals surface area (Å²) in [6.45, 7) is 3.37. The summed E-state index contributed by atoms with van der Waals surface area (Å²) in [7, 11) is 0. The zero-order valence-electron chi connectivity index (χ0n) is 3.76. The lowest BCUT2D eigenvalue weighted by Crippen LogP contribution is -2.04. The van der Waals surface area contributed by atoms with Crippen LogP contribution in [-0.4, -0.2) is 11.1 Å². The lowest BCUT2D eigenvalue weighted by molar-refractivity contribution is 0.0337. The molecule has 0 amide bonds. The molecule has 1 aliphatic heterocycles. The summed E-state index contributed by atoms with van der Waals surface area (Å²) in [6.07, 6.45) is 1.85. The van der Waals surface area contributed by atoms with E-state index in [4.69, 9.17) is 5.11 Å². The summed E-state index contributed by atoms with van der Waals surface area (Å²) in [6, 6.07) is 0. The molecule has 0 aromatic rings. The Morgan fingerprint density at radius 2 is 2.29 bits per heavy atom. The first-order valence-corrected chi connectivity index (χ1v) is 1.97. The third-order valence-corrected chi connectivity index (χ3v) is 0.678. The van der Waals surface area contributed by atoms with Gasteiger partial charge >= 0.3 is 5.97 Å². The van der Waals surface area contributed by atoms with Gasteiger partial charge in [0.05, 0.1) is 6.42 Å². The topological polar surface area (TPSA) is 45.3 Å². The monoisotopic (exact) mass is 102 g/mol. The van der Waals surface area contributed by atoms with Crippen molar-refractivity contribution in [2.45, 2.75) is 12.4 Å². The molecule has 1 N–H and O–H groups in total. The fraction of sp³-hybridized carbons (Fsp3) is 0.500. The number of hydrogen-bond acceptors (Lipinski definition) is 3. The highest BCUT2D eigenvalue weighted by Gasteiger charge is 2.45. The van der Waals surface area contributed by atoms with Crippen molar-refractivity contribution in [2.75, 3.05) is 0 Å². The first-order chi connectivity index (χ1) is 3.27. The van der Waals surface area contributed by atoms with E-state index in [1.165, 1.54) is 6.08 Å². The molecule has 40 valence electrons. The van der Waals surface area contributed by atoms with Gasteiger partial charge in [-0.05, 0) is 0 Å². The third-order valence-electron chi connectivity index (χ3n) is 0.678. The Morgan fingerprint density at radius 1 is 1.71 bits per heavy atom. The maximum atomic E-state index is 8.61. The quantitative estimate of drug-likeness (QED) is 0.307. The minimum Gasteiger partial charge on any atom is -0.339 e. The van der Waals surface area contributed by atoms with E-state index in [9.17, 15) is 0 Å². The summed E-state index contributed by atoms with van der Waals surface area (Å²) in [5, 5.41) is 8.61. The second-order valence-electron chi connectivity index (χ2n) is 1.37. The molecule has 0 bridgehead atoms. The van der Waals surface area contributed by atoms with Crippen molar-refractivity contribution in [2.24, 2.45) is 0 Å². The minimum absolute atomic E-state index is 0.326. The van der Waals surface area contributed by atoms with E-state index in [1.807, 2.05) is 0 Å². The van der Waals surface area contributed by atoms with Gasteiger partial charge in [-0.1, -0.05) is 6.08 Å². The van der Waals surface area contributed by atoms with E-state index in [-0.39, 0.29) is 0 Å². The van der Waals surface area contributed by atoms with Crippen LogP contribution in [0.4, 0.5) is 0 Å². The SMILES string of the molecule is C=CCC1(O)OO1. The van der Waals surface area contributed by atoms with Crippen LogP contribution in [0.5, 0.6) is 0 Å². The van der Waals surface area contributed by atoms with Gasteiger partial charge in [0.2, 0.25) is 0 Å². The van der Waals surface area contributed by atoms with Gasteiger partial charge in [0.25, 0.3) is 0 Å². The first-order valence-electron chi connectivity index (χ1n) is 1.97. The van der Waals surface area contributed by atoms with Crippen molar-refractivity contribution in [3.05, 3.63) is 12.7 Å². The van der Waals surface area contributed by atoms with Crippen molar-refractivity contribution in [1.82, 2.24) is 0 Å². The van der Waals surface area contributed by atoms with E-state index in [1.54, 1.807) is 0 Å². The molecule has 0 radical (unpaired) electrons. The molecular weight excluding hydrogens is 96.0 g/mol. The average molecular weight is 102 g/mol. The van der Waals surface area contributed by atoms with Crippen LogP contribution in [0.3, 0.4) is 0 Å². The van der Waals surface area contributed by atoms with Crippen molar-refractivity contribution < 1.29 is 14.9 Å². The first kappa shape index (κ1) is 4.77. The zero-order chi connectivity index (χ0) is 5.33. The molecule has 0 aliphatic carbocycles. The lowest BCUT2D eigenvalue weighted by atomic mass is 10.4. The predicted octanol–water partition coefficient (Wildman–Crippen LogP) is 0.170. The fourth-order valence-electron chi connectivity index (χ4n) is 0.299. The normalized spacial score (nSPS) is 24.1. The lowest BCUT2D eigenvalue weighted by Gasteiger charge is -1.86. The maximum Gasteiger partial charge on any atom is 0.341 e. The van der Waals surface area contributed by atoms with Crippen LogP contribution in [0.2, 0.25) is 0 Å². The summed E-state index contributed by atoms with van der Waals surface area (Å²) >= 11 is 0. The number of hydrogen-bond donors (Lipinski definition) is 1. The Labute approximate surface area is 41.1 Å². The Morgan fingerprint density at radius 3 is 2.43 bits per heavy atom. The predicted molar refractivity (Wildman–Crippen MR) is 21.9 cm³/mol. The molecule has 3 heteroatoms. The van der Waals surface area contributed by atoms with Gasteiger partial charge in [0.15, 0.2) is 0 Å². The van der Waals surface area contributed by atoms with Gasteiger partial charge in [-0.25, -0.2) is 0 Å². The van der Waals surface area contributed by atoms with Crippen molar-refractivity contribution in [3.63, 3.8) is 0 Å². The van der Waals surface area contributed by atoms with Crippen LogP contribution in [-0.2, 0) is 9.78 Å². The molecular formula is C4H6O3. The molecule has 0 spiro atoms. The molecule has 0 aromatic heterocycles. The number of rotatable bonds is 2. The van der Waals surface area contributed by atoms with E-state index in [0.717, 1.165) is 0 Å². The Bertz CT molecular complexity index is 84.9. The highest BCUT2D eigenvalue weighted by molar-refractivity contribution is 4.74. The molecule has 0 atom stereocenters. The van der Waals surface area contributed by atoms with Crippen LogP contribution < -0.4 is 0 Å². The van der Waals surface area contributed by atoms with E-state index >= 15 is 0 Å². The van der Waals surface area contributed by atoms with Crippen LogP contribution >= 0.6 is 0 Å². The molecule has 0 saturated carbocycles. The average Bonchev–Trinajstić information content (AvgIpc) is 2.22. The highest BCUT2D eigenvalue weighted by Crippen LogP contribution is 2.29. The second-order valence-corrected chi connectivity index (χ2v) is 1.37. The Hall–Kier alpha value is -0.380. The molecule has 7 heavy (non-hydrogen) atoms. The van der Waals surface area contributed by atoms with Gasteiger partial charge in [0, 0.05) is 0 Å². The van der Waals surface area contributed by atoms with E-state index in [0.29, 0.717) is 6.42 Å². The molecule has 0 aromatic carbocycles. The zero-order valence-corrected chi connectivity index (χ0v) is 3.76. The van der Waals surface area contributed by atoms with Gasteiger partial charge in [0.1, 0.15) is 0 Å². The number of aliphatic hydroxyl groups is 1. The van der Waals surface area contributed by atoms with E-state index in [2.05, 4.69) is 16.4 Å². The van der Waals surface area contributed by atoms with Crippen LogP contribution in [0, 0.1) is 0 Å². The molecule has 1 heterocycles. The Kier molecular flexibility index (Phi) is 0.883. The molecule has 1 rings (SSSR count). The summed E-state index contributed by atoms with van der Waals surface area (Å²) < 4.78 is 0. The van der Waals surface area contributed by atoms with Crippen molar-refractivity contribution >= 4 is 0 Å². The summed E-state index contributed by atoms with van der Waals surface area (Å²) in [4.78, 5) is 8.24. The smallest absolute Gasteiger partial charge is 0.339 e. The van der Waals surface area contributed by atoms with Crippen molar-refractivity contribution in [3.8, 4) is 0 Å². The Balaban J connectivity index is 2.25. The second kappa shape index (κ2) is 1.30. The van der Waals surface area contributed by atoms with Crippen molar-refractivity contribution in [1.29, 1.82) is 0 Å². The molecule has 0 unspecified atom stereocenters.